The molecule has 6 heteroatoms. The first-order chi connectivity index (χ1) is 14.9. The fourth-order valence-corrected chi connectivity index (χ4v) is 5.75. The first-order valence-corrected chi connectivity index (χ1v) is 11.7. The van der Waals surface area contributed by atoms with Crippen molar-refractivity contribution in [3.63, 3.8) is 0 Å². The molecule has 0 bridgehead atoms. The molecule has 2 atom stereocenters. The van der Waals surface area contributed by atoms with Gasteiger partial charge in [-0.2, -0.15) is 5.10 Å². The Balaban J connectivity index is 1.31. The molecule has 2 saturated heterocycles. The number of nitrogens with zero attached hydrogens (tertiary/aromatic N) is 3. The van der Waals surface area contributed by atoms with E-state index in [9.17, 15) is 0 Å². The number of hydrogen-bond donors (Lipinski definition) is 0. The Hall–Kier alpha value is -2.05. The second-order valence-corrected chi connectivity index (χ2v) is 10.2. The van der Waals surface area contributed by atoms with Gasteiger partial charge in [0.25, 0.3) is 0 Å². The van der Waals surface area contributed by atoms with E-state index < -0.39 is 0 Å². The summed E-state index contributed by atoms with van der Waals surface area (Å²) in [6, 6.07) is 6.22. The number of likely N-dealkylation sites (tertiary alicyclic amines) is 1. The first kappa shape index (κ1) is 20.8. The molecule has 2 aromatic rings. The van der Waals surface area contributed by atoms with Crippen molar-refractivity contribution in [2.75, 3.05) is 26.3 Å². The first-order valence-electron chi connectivity index (χ1n) is 11.7. The molecule has 0 radical (unpaired) electrons. The highest BCUT2D eigenvalue weighted by Crippen LogP contribution is 2.57. The average Bonchev–Trinajstić information content (AvgIpc) is 3.15. The number of hydrogen-bond acceptors (Lipinski definition) is 5. The normalized spacial score (nSPS) is 26.7. The fourth-order valence-electron chi connectivity index (χ4n) is 5.75. The van der Waals surface area contributed by atoms with Crippen molar-refractivity contribution in [2.45, 2.75) is 58.3 Å². The summed E-state index contributed by atoms with van der Waals surface area (Å²) in [4.78, 5) is 2.56. The molecule has 4 heterocycles. The predicted molar refractivity (Wildman–Crippen MR) is 119 cm³/mol. The number of para-hydroxylation sites is 1. The minimum absolute atomic E-state index is 0.0817. The van der Waals surface area contributed by atoms with E-state index in [2.05, 4.69) is 42.2 Å². The van der Waals surface area contributed by atoms with E-state index >= 15 is 0 Å². The Bertz CT molecular complexity index is 930. The number of piperidine rings is 1. The highest BCUT2D eigenvalue weighted by Gasteiger charge is 2.53. The Labute approximate surface area is 185 Å². The Kier molecular flexibility index (Phi) is 5.25. The predicted octanol–water partition coefficient (Wildman–Crippen LogP) is 4.35. The maximum absolute atomic E-state index is 6.66. The van der Waals surface area contributed by atoms with Gasteiger partial charge in [-0.1, -0.05) is 12.1 Å². The van der Waals surface area contributed by atoms with Crippen LogP contribution in [-0.4, -0.2) is 46.6 Å². The lowest BCUT2D eigenvalue weighted by Gasteiger charge is -2.54. The number of benzene rings is 1. The van der Waals surface area contributed by atoms with Crippen molar-refractivity contribution in [1.82, 2.24) is 14.7 Å². The molecule has 1 spiro atoms. The zero-order valence-corrected chi connectivity index (χ0v) is 19.3. The van der Waals surface area contributed by atoms with E-state index in [-0.39, 0.29) is 17.1 Å². The minimum Gasteiger partial charge on any atom is -0.490 e. The van der Waals surface area contributed by atoms with Crippen LogP contribution >= 0.6 is 0 Å². The van der Waals surface area contributed by atoms with Gasteiger partial charge < -0.3 is 14.2 Å². The summed E-state index contributed by atoms with van der Waals surface area (Å²) < 4.78 is 21.0. The zero-order valence-electron chi connectivity index (χ0n) is 19.3. The number of aryl methyl sites for hydroxylation is 1. The number of rotatable bonds is 4. The van der Waals surface area contributed by atoms with Crippen LogP contribution in [0.25, 0.3) is 0 Å². The third kappa shape index (κ3) is 3.85. The van der Waals surface area contributed by atoms with Crippen LogP contribution in [0.1, 0.15) is 57.3 Å². The molecule has 1 aromatic carbocycles. The van der Waals surface area contributed by atoms with Crippen LogP contribution in [0.4, 0.5) is 0 Å². The van der Waals surface area contributed by atoms with Crippen molar-refractivity contribution in [3.05, 3.63) is 41.7 Å². The minimum atomic E-state index is -0.287. The van der Waals surface area contributed by atoms with Crippen LogP contribution < -0.4 is 9.47 Å². The summed E-state index contributed by atoms with van der Waals surface area (Å²) in [6.07, 6.45) is 7.70. The van der Waals surface area contributed by atoms with Gasteiger partial charge in [-0.25, -0.2) is 0 Å². The zero-order chi connectivity index (χ0) is 21.6. The van der Waals surface area contributed by atoms with Gasteiger partial charge in [0.1, 0.15) is 5.60 Å². The third-order valence-electron chi connectivity index (χ3n) is 7.54. The van der Waals surface area contributed by atoms with Crippen molar-refractivity contribution >= 4 is 0 Å². The van der Waals surface area contributed by atoms with E-state index in [0.29, 0.717) is 12.5 Å². The SMILES string of the molecule is CCOc1cccc2c1OC(C)(C)[C@H]1CC3(CCN(Cc4cnn(C)c4)CC3)CO[C@H]21. The molecule has 0 saturated carbocycles. The second kappa shape index (κ2) is 7.82. The molecule has 168 valence electrons. The smallest absolute Gasteiger partial charge is 0.167 e. The largest absolute Gasteiger partial charge is 0.490 e. The molecular weight excluding hydrogens is 390 g/mol. The van der Waals surface area contributed by atoms with Gasteiger partial charge in [-0.15, -0.1) is 0 Å². The lowest BCUT2D eigenvalue weighted by atomic mass is 9.64. The molecule has 6 nitrogen and oxygen atoms in total. The van der Waals surface area contributed by atoms with Crippen molar-refractivity contribution in [1.29, 1.82) is 0 Å². The summed E-state index contributed by atoms with van der Waals surface area (Å²) in [5.41, 5.74) is 2.41. The van der Waals surface area contributed by atoms with Gasteiger partial charge in [0.15, 0.2) is 11.5 Å². The molecule has 0 N–H and O–H groups in total. The van der Waals surface area contributed by atoms with Crippen LogP contribution in [0.2, 0.25) is 0 Å². The molecular formula is C25H35N3O3. The quantitative estimate of drug-likeness (QED) is 0.729. The summed E-state index contributed by atoms with van der Waals surface area (Å²) >= 11 is 0. The lowest BCUT2D eigenvalue weighted by Crippen LogP contribution is -2.54. The Morgan fingerprint density at radius 2 is 2.03 bits per heavy atom. The topological polar surface area (TPSA) is 48.8 Å². The third-order valence-corrected chi connectivity index (χ3v) is 7.54. The summed E-state index contributed by atoms with van der Waals surface area (Å²) in [7, 11) is 1.98. The van der Waals surface area contributed by atoms with E-state index in [1.54, 1.807) is 0 Å². The maximum Gasteiger partial charge on any atom is 0.167 e. The molecule has 0 aliphatic carbocycles. The molecule has 2 fully saturated rings. The maximum atomic E-state index is 6.66. The average molecular weight is 426 g/mol. The molecule has 3 aliphatic heterocycles. The lowest BCUT2D eigenvalue weighted by molar-refractivity contribution is -0.175. The van der Waals surface area contributed by atoms with Crippen LogP contribution in [0.15, 0.2) is 30.6 Å². The summed E-state index contributed by atoms with van der Waals surface area (Å²) in [6.45, 7) is 11.1. The van der Waals surface area contributed by atoms with Gasteiger partial charge in [0.05, 0.1) is 25.5 Å². The van der Waals surface area contributed by atoms with E-state index in [0.717, 1.165) is 49.7 Å². The van der Waals surface area contributed by atoms with Crippen LogP contribution in [0, 0.1) is 11.3 Å². The fraction of sp³-hybridized carbons (Fsp3) is 0.640. The highest BCUT2D eigenvalue weighted by atomic mass is 16.5. The van der Waals surface area contributed by atoms with Crippen molar-refractivity contribution < 1.29 is 14.2 Å². The number of fused-ring (bicyclic) bond motifs is 3. The molecule has 5 rings (SSSR count). The van der Waals surface area contributed by atoms with E-state index in [1.807, 2.05) is 30.9 Å². The van der Waals surface area contributed by atoms with Gasteiger partial charge >= 0.3 is 0 Å². The molecule has 31 heavy (non-hydrogen) atoms. The number of ether oxygens (including phenoxy) is 3. The molecule has 0 amide bonds. The van der Waals surface area contributed by atoms with Crippen molar-refractivity contribution in [3.8, 4) is 11.5 Å². The van der Waals surface area contributed by atoms with Gasteiger partial charge in [0, 0.05) is 36.8 Å². The Morgan fingerprint density at radius 3 is 2.74 bits per heavy atom. The molecule has 3 aliphatic rings. The number of aromatic nitrogens is 2. The van der Waals surface area contributed by atoms with Gasteiger partial charge in [-0.3, -0.25) is 9.58 Å². The second-order valence-electron chi connectivity index (χ2n) is 10.2. The van der Waals surface area contributed by atoms with E-state index in [1.165, 1.54) is 18.4 Å². The molecule has 1 aromatic heterocycles. The summed E-state index contributed by atoms with van der Waals surface area (Å²) in [5.74, 6) is 2.05. The van der Waals surface area contributed by atoms with Crippen LogP contribution in [-0.2, 0) is 18.3 Å². The standard InChI is InChI=1S/C25H35N3O3/c1-5-29-21-8-6-7-19-22-20(24(2,3)31-23(19)21)13-25(17-30-22)9-11-28(12-10-25)16-18-14-26-27(4)15-18/h6-8,14-15,20,22H,5,9-13,16-17H2,1-4H3/t20-,22+/m0/s1. The summed E-state index contributed by atoms with van der Waals surface area (Å²) in [5, 5.41) is 4.31. The molecule has 0 unspecified atom stereocenters. The monoisotopic (exact) mass is 425 g/mol. The van der Waals surface area contributed by atoms with Gasteiger partial charge in [-0.05, 0) is 64.6 Å². The Morgan fingerprint density at radius 1 is 1.23 bits per heavy atom. The van der Waals surface area contributed by atoms with Gasteiger partial charge in [0.2, 0.25) is 0 Å². The van der Waals surface area contributed by atoms with Crippen LogP contribution in [0.5, 0.6) is 11.5 Å². The highest BCUT2D eigenvalue weighted by molar-refractivity contribution is 5.50. The van der Waals surface area contributed by atoms with Crippen molar-refractivity contribution in [2.24, 2.45) is 18.4 Å². The van der Waals surface area contributed by atoms with Crippen LogP contribution in [0.3, 0.4) is 0 Å². The van der Waals surface area contributed by atoms with E-state index in [4.69, 9.17) is 14.2 Å².